The van der Waals surface area contributed by atoms with E-state index in [0.717, 1.165) is 0 Å². The number of fused-ring (bicyclic) bond motifs is 2. The molecule has 1 aromatic carbocycles. The van der Waals surface area contributed by atoms with Gasteiger partial charge in [-0.05, 0) is 38.3 Å². The van der Waals surface area contributed by atoms with E-state index in [9.17, 15) is 14.7 Å². The first kappa shape index (κ1) is 19.4. The number of carbonyl (C=O) groups excluding carboxylic acids is 2. The maximum absolute atomic E-state index is 12.5. The molecule has 3 atom stereocenters. The number of esters is 1. The van der Waals surface area contributed by atoms with Gasteiger partial charge in [0.1, 0.15) is 22.8 Å². The zero-order chi connectivity index (χ0) is 17.0. The van der Waals surface area contributed by atoms with Crippen molar-refractivity contribution in [2.75, 3.05) is 0 Å². The molecule has 1 heterocycles. The van der Waals surface area contributed by atoms with Crippen LogP contribution in [-0.4, -0.2) is 23.0 Å². The smallest absolute Gasteiger partial charge is 0.347 e. The molecule has 0 fully saturated rings. The summed E-state index contributed by atoms with van der Waals surface area (Å²) in [5.74, 6) is -0.799. The van der Waals surface area contributed by atoms with Gasteiger partial charge in [0, 0.05) is 51.1 Å². The second-order valence-electron chi connectivity index (χ2n) is 6.29. The predicted octanol–water partition coefficient (Wildman–Crippen LogP) is 2.87. The minimum Gasteiger partial charge on any atom is -0.508 e. The van der Waals surface area contributed by atoms with E-state index in [2.05, 4.69) is 6.92 Å². The Morgan fingerprint density at radius 1 is 1.21 bits per heavy atom. The fraction of sp³-hybridized carbons (Fsp3) is 0.389. The summed E-state index contributed by atoms with van der Waals surface area (Å²) in [5.41, 5.74) is 1.70. The Hall–Kier alpha value is -0.975. The topological polar surface area (TPSA) is 72.8 Å². The van der Waals surface area contributed by atoms with Crippen molar-refractivity contribution in [3.63, 3.8) is 0 Å². The van der Waals surface area contributed by atoms with Crippen LogP contribution in [0.1, 0.15) is 35.3 Å². The molecule has 0 aromatic heterocycles. The Labute approximate surface area is 173 Å². The Balaban J connectivity index is 0.00000208. The molecule has 5 nitrogen and oxygen atoms in total. The van der Waals surface area contributed by atoms with E-state index in [-0.39, 0.29) is 68.7 Å². The van der Waals surface area contributed by atoms with Gasteiger partial charge in [-0.15, -0.1) is 0 Å². The van der Waals surface area contributed by atoms with Crippen LogP contribution in [-0.2, 0) is 9.53 Å². The van der Waals surface area contributed by atoms with Crippen molar-refractivity contribution in [2.45, 2.75) is 33.8 Å². The van der Waals surface area contributed by atoms with Crippen molar-refractivity contribution in [1.29, 1.82) is 0 Å². The van der Waals surface area contributed by atoms with Crippen LogP contribution in [0.5, 0.6) is 11.5 Å². The molecule has 2 aliphatic rings. The summed E-state index contributed by atoms with van der Waals surface area (Å²) in [6, 6.07) is 1.51. The van der Waals surface area contributed by atoms with Crippen LogP contribution in [0.3, 0.4) is 0 Å². The molecular formula is C18H19O5Th-. The second kappa shape index (κ2) is 6.73. The van der Waals surface area contributed by atoms with Crippen LogP contribution >= 0.6 is 0 Å². The fourth-order valence-electron chi connectivity index (χ4n) is 3.14. The minimum absolute atomic E-state index is 0. The van der Waals surface area contributed by atoms with E-state index in [1.54, 1.807) is 20.8 Å². The average molecular weight is 547 g/mol. The Kier molecular flexibility index (Phi) is 5.43. The number of benzene rings is 1. The summed E-state index contributed by atoms with van der Waals surface area (Å²) < 4.78 is 11.6. The van der Waals surface area contributed by atoms with Crippen molar-refractivity contribution >= 4 is 11.8 Å². The number of phenols is 1. The molecule has 0 radical (unpaired) electrons. The average Bonchev–Trinajstić information content (AvgIpc) is 2.65. The fourth-order valence-corrected chi connectivity index (χ4v) is 3.14. The Morgan fingerprint density at radius 2 is 1.83 bits per heavy atom. The maximum Gasteiger partial charge on any atom is 0.347 e. The van der Waals surface area contributed by atoms with E-state index in [1.807, 2.05) is 6.92 Å². The zero-order valence-corrected chi connectivity index (χ0v) is 18.2. The molecule has 1 aliphatic heterocycles. The third kappa shape index (κ3) is 2.78. The molecule has 0 saturated heterocycles. The van der Waals surface area contributed by atoms with Gasteiger partial charge in [0.05, 0.1) is 0 Å². The monoisotopic (exact) mass is 547 g/mol. The molecule has 0 bridgehead atoms. The van der Waals surface area contributed by atoms with Crippen LogP contribution in [0.25, 0.3) is 0 Å². The van der Waals surface area contributed by atoms with Crippen molar-refractivity contribution in [3.05, 3.63) is 41.0 Å². The van der Waals surface area contributed by atoms with Gasteiger partial charge in [0.15, 0.2) is 11.9 Å². The summed E-state index contributed by atoms with van der Waals surface area (Å²) in [6.45, 7) is 10.8. The molecule has 0 unspecified atom stereocenters. The molecule has 0 saturated carbocycles. The third-order valence-electron chi connectivity index (χ3n) is 4.80. The molecule has 1 N–H and O–H groups in total. The quantitative estimate of drug-likeness (QED) is 0.400. The number of hydrogen-bond acceptors (Lipinski definition) is 5. The van der Waals surface area contributed by atoms with Gasteiger partial charge >= 0.3 is 5.97 Å². The van der Waals surface area contributed by atoms with E-state index >= 15 is 0 Å². The number of aryl methyl sites for hydroxylation is 1. The summed E-state index contributed by atoms with van der Waals surface area (Å²) in [5, 5.41) is 10.0. The summed E-state index contributed by atoms with van der Waals surface area (Å²) >= 11 is 0. The number of allylic oxidation sites excluding steroid dienone is 1. The van der Waals surface area contributed by atoms with Gasteiger partial charge in [-0.25, -0.2) is 4.79 Å². The van der Waals surface area contributed by atoms with Crippen molar-refractivity contribution < 1.29 is 64.1 Å². The van der Waals surface area contributed by atoms with E-state index in [0.29, 0.717) is 22.4 Å². The van der Waals surface area contributed by atoms with Gasteiger partial charge < -0.3 is 21.5 Å². The van der Waals surface area contributed by atoms with Crippen molar-refractivity contribution in [1.82, 2.24) is 0 Å². The SMILES string of the molecule is [CH2-][C@@H]1C(=O)C(C)=C2OC(=O)c3c(C)cc(O)c(C)c3O[C@@H]2[C@@H]1C.[Th]. The summed E-state index contributed by atoms with van der Waals surface area (Å²) in [6.07, 6.45) is -0.583. The van der Waals surface area contributed by atoms with E-state index < -0.39 is 18.0 Å². The molecule has 1 aliphatic carbocycles. The Morgan fingerprint density at radius 3 is 2.46 bits per heavy atom. The number of ketones is 1. The van der Waals surface area contributed by atoms with Crippen LogP contribution in [0, 0.1) is 72.5 Å². The summed E-state index contributed by atoms with van der Waals surface area (Å²) in [7, 11) is 0. The van der Waals surface area contributed by atoms with Crippen LogP contribution in [0.2, 0.25) is 0 Å². The number of Topliss-reactive ketones (excluding diaryl/α,β-unsaturated/α-hetero) is 1. The number of carbonyl (C=O) groups is 2. The molecule has 1 aromatic rings. The number of ether oxygens (including phenoxy) is 2. The van der Waals surface area contributed by atoms with Gasteiger partial charge in [0.25, 0.3) is 0 Å². The molecule has 0 spiro atoms. The van der Waals surface area contributed by atoms with Crippen molar-refractivity contribution in [3.8, 4) is 11.5 Å². The summed E-state index contributed by atoms with van der Waals surface area (Å²) in [4.78, 5) is 24.8. The van der Waals surface area contributed by atoms with E-state index in [1.165, 1.54) is 6.07 Å². The van der Waals surface area contributed by atoms with Crippen LogP contribution < -0.4 is 4.74 Å². The van der Waals surface area contributed by atoms with Gasteiger partial charge in [0.2, 0.25) is 0 Å². The van der Waals surface area contributed by atoms with Crippen LogP contribution in [0.4, 0.5) is 0 Å². The first-order valence-electron chi connectivity index (χ1n) is 7.54. The largest absolute Gasteiger partial charge is 0.508 e. The molecule has 0 amide bonds. The van der Waals surface area contributed by atoms with Gasteiger partial charge in [-0.2, -0.15) is 0 Å². The second-order valence-corrected chi connectivity index (χ2v) is 6.29. The van der Waals surface area contributed by atoms with Gasteiger partial charge in [-0.3, -0.25) is 4.79 Å². The third-order valence-corrected chi connectivity index (χ3v) is 4.80. The minimum atomic E-state index is -0.583. The Bertz CT molecular complexity index is 765. The molecular weight excluding hydrogens is 528 g/mol. The zero-order valence-electron chi connectivity index (χ0n) is 14.1. The molecule has 24 heavy (non-hydrogen) atoms. The molecule has 126 valence electrons. The maximum atomic E-state index is 12.5. The number of phenolic OH excluding ortho intramolecular Hbond substituents is 1. The number of rotatable bonds is 0. The number of aromatic hydroxyl groups is 1. The number of hydrogen-bond donors (Lipinski definition) is 1. The molecule has 3 rings (SSSR count). The van der Waals surface area contributed by atoms with E-state index in [4.69, 9.17) is 9.47 Å². The first-order chi connectivity index (χ1) is 10.7. The van der Waals surface area contributed by atoms with Crippen molar-refractivity contribution in [2.24, 2.45) is 11.8 Å². The normalized spacial score (nSPS) is 25.8. The first-order valence-corrected chi connectivity index (χ1v) is 7.54. The van der Waals surface area contributed by atoms with Gasteiger partial charge in [-0.1, -0.05) is 12.8 Å². The predicted molar refractivity (Wildman–Crippen MR) is 83.1 cm³/mol. The standard InChI is InChI=1S/C18H19O5.Th/c1-7-6-12(19)10(4)15-13(7)18(21)23-17-11(5)14(20)8(2)9(3)16(17)22-15;/h6,8-9,16,19H,2H2,1,3-5H3;/q-1;/t8-,9+,16+;/m0./s1. The van der Waals surface area contributed by atoms with Crippen LogP contribution in [0.15, 0.2) is 17.4 Å². The molecule has 6 heteroatoms.